The Morgan fingerprint density at radius 2 is 0.860 bits per heavy atom. The summed E-state index contributed by atoms with van der Waals surface area (Å²) >= 11 is 0. The minimum atomic E-state index is -1.10. The fraction of sp³-hybridized carbons (Fsp3) is 0.356. The minimum Gasteiger partial charge on any atom is -0.491 e. The van der Waals surface area contributed by atoms with Crippen molar-refractivity contribution < 1.29 is 76.3 Å². The molecule has 2 heterocycles. The maximum absolute atomic E-state index is 13.9. The van der Waals surface area contributed by atoms with E-state index < -0.39 is 66.8 Å². The van der Waals surface area contributed by atoms with Gasteiger partial charge in [-0.3, -0.25) is 19.2 Å². The van der Waals surface area contributed by atoms with Crippen LogP contribution in [-0.2, 0) is 53.1 Å². The first-order chi connectivity index (χ1) is 51.9. The molecule has 20 heteroatoms. The van der Waals surface area contributed by atoms with Crippen LogP contribution in [0.5, 0.6) is 23.0 Å². The lowest BCUT2D eigenvalue weighted by atomic mass is 9.67. The summed E-state index contributed by atoms with van der Waals surface area (Å²) in [6.45, 7) is 5.93. The first-order valence-corrected chi connectivity index (χ1v) is 36.7. The highest BCUT2D eigenvalue weighted by Gasteiger charge is 2.46. The number of nitrogens with one attached hydrogen (secondary N) is 2. The highest BCUT2D eigenvalue weighted by Crippen LogP contribution is 2.57. The van der Waals surface area contributed by atoms with Crippen molar-refractivity contribution in [3.8, 4) is 58.8 Å². The number of hydrogen-bond acceptors (Lipinski definition) is 16. The fourth-order valence-corrected chi connectivity index (χ4v) is 14.4. The Morgan fingerprint density at radius 3 is 1.27 bits per heavy atom. The molecule has 4 atom stereocenters. The predicted octanol–water partition coefficient (Wildman–Crippen LogP) is 14.5. The molecule has 0 bridgehead atoms. The zero-order chi connectivity index (χ0) is 75.4. The quantitative estimate of drug-likeness (QED) is 0.0165. The zero-order valence-corrected chi connectivity index (χ0v) is 61.0. The van der Waals surface area contributed by atoms with Crippen LogP contribution in [0.2, 0.25) is 0 Å². The van der Waals surface area contributed by atoms with E-state index in [1.165, 1.54) is 61.8 Å². The summed E-state index contributed by atoms with van der Waals surface area (Å²) in [5.41, 5.74) is 6.41. The highest BCUT2D eigenvalue weighted by molar-refractivity contribution is 5.97. The number of rotatable bonds is 34. The molecule has 8 aromatic rings. The molecule has 4 unspecified atom stereocenters. The van der Waals surface area contributed by atoms with E-state index in [1.807, 2.05) is 48.5 Å². The van der Waals surface area contributed by atoms with Gasteiger partial charge in [-0.25, -0.2) is 19.2 Å². The smallest absolute Gasteiger partial charge is 0.338 e. The summed E-state index contributed by atoms with van der Waals surface area (Å²) in [4.78, 5) is 108. The van der Waals surface area contributed by atoms with E-state index in [-0.39, 0.29) is 48.0 Å². The summed E-state index contributed by atoms with van der Waals surface area (Å²) in [6.07, 6.45) is 19.3. The second-order valence-electron chi connectivity index (χ2n) is 27.2. The van der Waals surface area contributed by atoms with Gasteiger partial charge in [0, 0.05) is 53.6 Å². The number of carbonyl (C=O) groups is 8. The number of ether oxygens (including phenoxy) is 8. The molecular weight excluding hydrogens is 1360 g/mol. The molecule has 1 aliphatic carbocycles. The number of benzene rings is 8. The number of fused-ring (bicyclic) bond motifs is 5. The molecule has 20 nitrogen and oxygen atoms in total. The molecule has 2 saturated heterocycles. The highest BCUT2D eigenvalue weighted by atomic mass is 16.6. The van der Waals surface area contributed by atoms with E-state index in [1.54, 1.807) is 12.1 Å². The van der Waals surface area contributed by atoms with Gasteiger partial charge in [0.2, 0.25) is 23.6 Å². The van der Waals surface area contributed by atoms with Gasteiger partial charge in [0.1, 0.15) is 61.5 Å². The molecule has 0 radical (unpaired) electrons. The van der Waals surface area contributed by atoms with Gasteiger partial charge < -0.3 is 58.3 Å². The number of anilines is 2. The summed E-state index contributed by atoms with van der Waals surface area (Å²) < 4.78 is 48.6. The van der Waals surface area contributed by atoms with Crippen molar-refractivity contribution in [1.82, 2.24) is 9.80 Å². The van der Waals surface area contributed by atoms with Crippen molar-refractivity contribution in [3.05, 3.63) is 191 Å². The second kappa shape index (κ2) is 36.4. The van der Waals surface area contributed by atoms with Crippen LogP contribution in [0.4, 0.5) is 11.4 Å². The molecule has 2 N–H and O–H groups in total. The normalized spacial score (nSPS) is 15.2. The Morgan fingerprint density at radius 1 is 0.458 bits per heavy atom. The number of likely N-dealkylation sites (tertiary alicyclic amines) is 2. The van der Waals surface area contributed by atoms with Crippen LogP contribution < -0.4 is 29.6 Å². The topological polar surface area (TPSA) is 241 Å². The monoisotopic (exact) mass is 1450 g/mol. The summed E-state index contributed by atoms with van der Waals surface area (Å²) in [6, 6.07) is 48.7. The summed E-state index contributed by atoms with van der Waals surface area (Å²) in [7, 11) is 0. The summed E-state index contributed by atoms with van der Waals surface area (Å²) in [5.74, 6) is 3.00. The maximum Gasteiger partial charge on any atom is 0.338 e. The lowest BCUT2D eigenvalue weighted by Crippen LogP contribution is -2.43. The standard InChI is InChI=1S/C87H90N4O16/c1-7-9-11-13-15-21-45-100-81-41-35-65(51-77(81)88-57(3)92)83(96)104-55-71(106-85(98)79-29-23-43-90(79)59(5)94)53-102-69-39-33-61-47-67(37-31-63(61)49-69)87(75-27-19-17-25-73(75)74-26-18-20-28-76(74)87)68-38-32-64-50-70(40-34-62(64)48-68)103-54-72(107-86(99)80-30-24-44-91(80)60(6)95)56-105-84(97)66-36-42-82(78(52-66)89-58(4)93)101-46-22-16-14-12-10-8-2/h1-2,17-20,25-28,31-42,47-52,71-72,79-80H,9-16,21-24,29-30,43-46,53-56H2,3-6H3,(H,88,92)(H,89,93). The number of carbonyl (C=O) groups excluding carboxylic acids is 8. The van der Waals surface area contributed by atoms with Crippen LogP contribution >= 0.6 is 0 Å². The van der Waals surface area contributed by atoms with Crippen LogP contribution in [0.15, 0.2) is 158 Å². The average Bonchev–Trinajstić information content (AvgIpc) is 1.55. The molecule has 107 heavy (non-hydrogen) atoms. The minimum absolute atomic E-state index is 0.122. The van der Waals surface area contributed by atoms with Crippen molar-refractivity contribution in [2.45, 2.75) is 147 Å². The largest absolute Gasteiger partial charge is 0.491 e. The van der Waals surface area contributed by atoms with Gasteiger partial charge in [0.25, 0.3) is 0 Å². The van der Waals surface area contributed by atoms with Crippen LogP contribution in [-0.4, -0.2) is 134 Å². The third kappa shape index (κ3) is 18.9. The van der Waals surface area contributed by atoms with Gasteiger partial charge in [-0.2, -0.15) is 0 Å². The molecule has 0 saturated carbocycles. The van der Waals surface area contributed by atoms with E-state index in [0.717, 1.165) is 119 Å². The predicted molar refractivity (Wildman–Crippen MR) is 407 cm³/mol. The van der Waals surface area contributed by atoms with Gasteiger partial charge in [-0.05, 0) is 179 Å². The molecule has 0 spiro atoms. The fourth-order valence-electron chi connectivity index (χ4n) is 14.4. The molecule has 11 rings (SSSR count). The lowest BCUT2D eigenvalue weighted by molar-refractivity contribution is -0.161. The third-order valence-electron chi connectivity index (χ3n) is 19.5. The Balaban J connectivity index is 0.817. The molecule has 2 aliphatic heterocycles. The number of hydrogen-bond donors (Lipinski definition) is 2. The molecule has 2 fully saturated rings. The Hall–Kier alpha value is -11.6. The third-order valence-corrected chi connectivity index (χ3v) is 19.5. The van der Waals surface area contributed by atoms with Crippen LogP contribution in [0.3, 0.4) is 0 Å². The molecular formula is C87H90N4O16. The molecule has 4 amide bonds. The SMILES string of the molecule is C#CCCCCCCOc1ccc(C(=O)OCC(COc2ccc3cc(C4(c5ccc6cc(OCC(COC(=O)c7ccc(OCCCCCCC#C)c(NC(C)=O)c7)OC(=O)C7CCCN7C(C)=O)ccc6c5)c5ccccc5-c5ccccc54)ccc3c2)OC(=O)C2CCCN2C(C)=O)cc1NC(C)=O. The van der Waals surface area contributed by atoms with Crippen LogP contribution in [0.1, 0.15) is 161 Å². The van der Waals surface area contributed by atoms with Crippen molar-refractivity contribution >= 4 is 80.4 Å². The number of unbranched alkanes of at least 4 members (excludes halogenated alkanes) is 8. The van der Waals surface area contributed by atoms with Crippen molar-refractivity contribution in [3.63, 3.8) is 0 Å². The van der Waals surface area contributed by atoms with Gasteiger partial charge in [0.05, 0.1) is 41.1 Å². The Kier molecular flexibility index (Phi) is 26.0. The number of esters is 4. The summed E-state index contributed by atoms with van der Waals surface area (Å²) in [5, 5.41) is 9.03. The molecule has 0 aromatic heterocycles. The number of terminal acetylenes is 2. The number of nitrogens with zero attached hydrogens (tertiary/aromatic N) is 2. The zero-order valence-electron chi connectivity index (χ0n) is 61.0. The van der Waals surface area contributed by atoms with E-state index in [9.17, 15) is 38.4 Å². The van der Waals surface area contributed by atoms with E-state index in [0.29, 0.717) is 86.4 Å². The van der Waals surface area contributed by atoms with Gasteiger partial charge in [-0.15, -0.1) is 24.7 Å². The van der Waals surface area contributed by atoms with Gasteiger partial charge in [0.15, 0.2) is 12.2 Å². The van der Waals surface area contributed by atoms with Crippen molar-refractivity contribution in [1.29, 1.82) is 0 Å². The van der Waals surface area contributed by atoms with E-state index in [2.05, 4.69) is 95.3 Å². The van der Waals surface area contributed by atoms with Crippen molar-refractivity contribution in [2.24, 2.45) is 0 Å². The molecule has 3 aliphatic rings. The second-order valence-corrected chi connectivity index (χ2v) is 27.2. The van der Waals surface area contributed by atoms with Crippen LogP contribution in [0.25, 0.3) is 32.7 Å². The van der Waals surface area contributed by atoms with Gasteiger partial charge >= 0.3 is 23.9 Å². The Labute approximate surface area is 624 Å². The first kappa shape index (κ1) is 76.5. The maximum atomic E-state index is 13.9. The van der Waals surface area contributed by atoms with Crippen molar-refractivity contribution in [2.75, 3.05) is 63.4 Å². The lowest BCUT2D eigenvalue weighted by Gasteiger charge is -2.34. The van der Waals surface area contributed by atoms with E-state index in [4.69, 9.17) is 50.7 Å². The Bertz CT molecular complexity index is 4390. The number of amides is 4. The van der Waals surface area contributed by atoms with Crippen LogP contribution in [0, 0.1) is 24.7 Å². The average molecular weight is 1450 g/mol. The van der Waals surface area contributed by atoms with Gasteiger partial charge in [-0.1, -0.05) is 111 Å². The first-order valence-electron chi connectivity index (χ1n) is 36.7. The van der Waals surface area contributed by atoms with E-state index >= 15 is 0 Å². The molecule has 554 valence electrons. The molecule has 8 aromatic carbocycles.